The van der Waals surface area contributed by atoms with E-state index >= 15 is 0 Å². The average Bonchev–Trinajstić information content (AvgIpc) is 2.75. The Kier molecular flexibility index (Phi) is 9.69. The van der Waals surface area contributed by atoms with Gasteiger partial charge in [0.25, 0.3) is 0 Å². The molecule has 0 heterocycles. The van der Waals surface area contributed by atoms with Crippen molar-refractivity contribution in [3.63, 3.8) is 0 Å². The number of hydrogen-bond acceptors (Lipinski definition) is 3. The fraction of sp³-hybridized carbons (Fsp3) is 0.174. The van der Waals surface area contributed by atoms with Crippen molar-refractivity contribution in [2.24, 2.45) is 0 Å². The van der Waals surface area contributed by atoms with E-state index in [0.717, 1.165) is 35.1 Å². The highest BCUT2D eigenvalue weighted by molar-refractivity contribution is 7.98. The zero-order valence-electron chi connectivity index (χ0n) is 16.2. The van der Waals surface area contributed by atoms with E-state index in [1.165, 1.54) is 10.5 Å². The lowest BCUT2D eigenvalue weighted by molar-refractivity contribution is 0.990. The Balaban J connectivity index is 1.33. The Labute approximate surface area is 202 Å². The van der Waals surface area contributed by atoms with Gasteiger partial charge in [0.05, 0.1) is 0 Å². The van der Waals surface area contributed by atoms with Crippen LogP contribution in [0.3, 0.4) is 0 Å². The SMILES string of the molecule is S=C(NCCSCc1ccc(Cl)cc1Cl)Nc1ccc(CSc2ccccc2)cc1. The highest BCUT2D eigenvalue weighted by atomic mass is 35.5. The van der Waals surface area contributed by atoms with Crippen molar-refractivity contribution in [3.8, 4) is 0 Å². The summed E-state index contributed by atoms with van der Waals surface area (Å²) >= 11 is 21.2. The van der Waals surface area contributed by atoms with E-state index in [1.54, 1.807) is 17.8 Å². The van der Waals surface area contributed by atoms with Gasteiger partial charge in [0.15, 0.2) is 5.11 Å². The van der Waals surface area contributed by atoms with Crippen molar-refractivity contribution in [2.75, 3.05) is 17.6 Å². The van der Waals surface area contributed by atoms with Crippen molar-refractivity contribution < 1.29 is 0 Å². The predicted molar refractivity (Wildman–Crippen MR) is 139 cm³/mol. The molecular formula is C23H22Cl2N2S3. The fourth-order valence-corrected chi connectivity index (χ4v) is 5.11. The van der Waals surface area contributed by atoms with Gasteiger partial charge in [-0.05, 0) is 59.7 Å². The summed E-state index contributed by atoms with van der Waals surface area (Å²) in [7, 11) is 0. The van der Waals surface area contributed by atoms with Crippen LogP contribution in [0.5, 0.6) is 0 Å². The Hall–Kier alpha value is -1.37. The van der Waals surface area contributed by atoms with Gasteiger partial charge < -0.3 is 10.6 Å². The maximum atomic E-state index is 6.20. The molecule has 0 atom stereocenters. The maximum absolute atomic E-state index is 6.20. The van der Waals surface area contributed by atoms with Crippen molar-refractivity contribution in [1.82, 2.24) is 5.32 Å². The van der Waals surface area contributed by atoms with Gasteiger partial charge in [-0.1, -0.05) is 59.6 Å². The number of thiocarbonyl (C=S) groups is 1. The van der Waals surface area contributed by atoms with Crippen LogP contribution in [0, 0.1) is 0 Å². The molecule has 0 unspecified atom stereocenters. The molecular weight excluding hydrogens is 471 g/mol. The minimum Gasteiger partial charge on any atom is -0.362 e. The first kappa shape index (κ1) is 23.3. The second-order valence-electron chi connectivity index (χ2n) is 6.47. The Morgan fingerprint density at radius 1 is 0.900 bits per heavy atom. The smallest absolute Gasteiger partial charge is 0.170 e. The van der Waals surface area contributed by atoms with E-state index < -0.39 is 0 Å². The number of nitrogens with one attached hydrogen (secondary N) is 2. The first-order valence-corrected chi connectivity index (χ1v) is 12.7. The number of hydrogen-bond donors (Lipinski definition) is 2. The molecule has 30 heavy (non-hydrogen) atoms. The third-order valence-electron chi connectivity index (χ3n) is 4.17. The van der Waals surface area contributed by atoms with Crippen LogP contribution in [0.2, 0.25) is 10.0 Å². The third-order valence-corrected chi connectivity index (χ3v) is 7.09. The molecule has 0 spiro atoms. The summed E-state index contributed by atoms with van der Waals surface area (Å²) in [5.74, 6) is 2.72. The van der Waals surface area contributed by atoms with Gasteiger partial charge in [0.1, 0.15) is 0 Å². The summed E-state index contributed by atoms with van der Waals surface area (Å²) in [6.45, 7) is 0.785. The molecule has 2 N–H and O–H groups in total. The Bertz CT molecular complexity index is 950. The second-order valence-corrected chi connectivity index (χ2v) is 9.87. The lowest BCUT2D eigenvalue weighted by Gasteiger charge is -2.11. The summed E-state index contributed by atoms with van der Waals surface area (Å²) in [5.41, 5.74) is 3.37. The summed E-state index contributed by atoms with van der Waals surface area (Å²) in [5, 5.41) is 8.49. The largest absolute Gasteiger partial charge is 0.362 e. The fourth-order valence-electron chi connectivity index (χ4n) is 2.60. The zero-order chi connectivity index (χ0) is 21.2. The van der Waals surface area contributed by atoms with Crippen LogP contribution >= 0.6 is 58.9 Å². The molecule has 3 rings (SSSR count). The summed E-state index contributed by atoms with van der Waals surface area (Å²) in [6, 6.07) is 24.4. The quantitative estimate of drug-likeness (QED) is 0.183. The minimum atomic E-state index is 0.631. The van der Waals surface area contributed by atoms with E-state index in [1.807, 2.05) is 30.0 Å². The first-order chi connectivity index (χ1) is 14.6. The monoisotopic (exact) mass is 492 g/mol. The molecule has 0 radical (unpaired) electrons. The average molecular weight is 494 g/mol. The molecule has 0 aliphatic heterocycles. The molecule has 7 heteroatoms. The van der Waals surface area contributed by atoms with Gasteiger partial charge >= 0.3 is 0 Å². The van der Waals surface area contributed by atoms with Gasteiger partial charge in [0.2, 0.25) is 0 Å². The molecule has 3 aromatic rings. The third kappa shape index (κ3) is 8.05. The lowest BCUT2D eigenvalue weighted by atomic mass is 10.2. The van der Waals surface area contributed by atoms with Gasteiger partial charge in [-0.25, -0.2) is 0 Å². The molecule has 0 aromatic heterocycles. The molecule has 0 fully saturated rings. The maximum Gasteiger partial charge on any atom is 0.170 e. The van der Waals surface area contributed by atoms with Crippen LogP contribution in [-0.2, 0) is 11.5 Å². The van der Waals surface area contributed by atoms with E-state index in [4.69, 9.17) is 35.4 Å². The summed E-state index contributed by atoms with van der Waals surface area (Å²) in [4.78, 5) is 1.28. The molecule has 0 aliphatic rings. The Morgan fingerprint density at radius 3 is 2.40 bits per heavy atom. The highest BCUT2D eigenvalue weighted by Crippen LogP contribution is 2.25. The number of halogens is 2. The predicted octanol–water partition coefficient (Wildman–Crippen LogP) is 7.51. The summed E-state index contributed by atoms with van der Waals surface area (Å²) < 4.78 is 0. The second kappa shape index (κ2) is 12.5. The molecule has 0 saturated heterocycles. The first-order valence-electron chi connectivity index (χ1n) is 9.43. The number of anilines is 1. The lowest BCUT2D eigenvalue weighted by Crippen LogP contribution is -2.30. The van der Waals surface area contributed by atoms with Crippen LogP contribution in [-0.4, -0.2) is 17.4 Å². The Morgan fingerprint density at radius 2 is 1.67 bits per heavy atom. The van der Waals surface area contributed by atoms with Crippen molar-refractivity contribution in [3.05, 3.63) is 94.0 Å². The van der Waals surface area contributed by atoms with E-state index in [0.29, 0.717) is 15.2 Å². The molecule has 0 amide bonds. The van der Waals surface area contributed by atoms with Crippen molar-refractivity contribution in [2.45, 2.75) is 16.4 Å². The van der Waals surface area contributed by atoms with Crippen LogP contribution in [0.1, 0.15) is 11.1 Å². The van der Waals surface area contributed by atoms with Crippen LogP contribution in [0.15, 0.2) is 77.7 Å². The van der Waals surface area contributed by atoms with Gasteiger partial charge in [-0.2, -0.15) is 11.8 Å². The highest BCUT2D eigenvalue weighted by Gasteiger charge is 2.03. The van der Waals surface area contributed by atoms with Crippen molar-refractivity contribution in [1.29, 1.82) is 0 Å². The number of thioether (sulfide) groups is 2. The molecule has 0 bridgehead atoms. The molecule has 156 valence electrons. The molecule has 0 saturated carbocycles. The molecule has 0 aliphatic carbocycles. The standard InChI is InChI=1S/C23H22Cl2N2S3/c24-19-9-8-18(22(25)14-19)16-29-13-12-26-23(28)27-20-10-6-17(7-11-20)15-30-21-4-2-1-3-5-21/h1-11,14H,12-13,15-16H2,(H2,26,27,28). The topological polar surface area (TPSA) is 24.1 Å². The van der Waals surface area contributed by atoms with E-state index in [2.05, 4.69) is 59.2 Å². The molecule has 3 aromatic carbocycles. The molecule has 2 nitrogen and oxygen atoms in total. The van der Waals surface area contributed by atoms with Gasteiger partial charge in [0, 0.05) is 44.4 Å². The minimum absolute atomic E-state index is 0.631. The number of rotatable bonds is 9. The van der Waals surface area contributed by atoms with Crippen molar-refractivity contribution >= 4 is 69.7 Å². The van der Waals surface area contributed by atoms with Crippen LogP contribution < -0.4 is 10.6 Å². The normalized spacial score (nSPS) is 10.6. The number of benzene rings is 3. The van der Waals surface area contributed by atoms with Crippen LogP contribution in [0.25, 0.3) is 0 Å². The summed E-state index contributed by atoms with van der Waals surface area (Å²) in [6.07, 6.45) is 0. The van der Waals surface area contributed by atoms with E-state index in [-0.39, 0.29) is 0 Å². The van der Waals surface area contributed by atoms with Gasteiger partial charge in [-0.3, -0.25) is 0 Å². The zero-order valence-corrected chi connectivity index (χ0v) is 20.2. The van der Waals surface area contributed by atoms with Gasteiger partial charge in [-0.15, -0.1) is 11.8 Å². The van der Waals surface area contributed by atoms with Crippen LogP contribution in [0.4, 0.5) is 5.69 Å². The van der Waals surface area contributed by atoms with E-state index in [9.17, 15) is 0 Å².